The molecule has 1 aromatic heterocycles. The van der Waals surface area contributed by atoms with Crippen LogP contribution in [0.5, 0.6) is 0 Å². The molecule has 1 aliphatic heterocycles. The highest BCUT2D eigenvalue weighted by Gasteiger charge is 2.36. The molecule has 2 heterocycles. The Bertz CT molecular complexity index is 707. The van der Waals surface area contributed by atoms with E-state index in [4.69, 9.17) is 5.11 Å². The number of aliphatic carboxylic acids is 1. The molecule has 1 fully saturated rings. The van der Waals surface area contributed by atoms with Gasteiger partial charge in [0.15, 0.2) is 0 Å². The van der Waals surface area contributed by atoms with E-state index in [-0.39, 0.29) is 11.8 Å². The number of benzene rings is 1. The number of carboxylic acid groups (broad SMARTS) is 1. The molecule has 0 saturated carbocycles. The van der Waals surface area contributed by atoms with Crippen molar-refractivity contribution < 1.29 is 14.7 Å². The molecule has 5 nitrogen and oxygen atoms in total. The Morgan fingerprint density at radius 2 is 2.00 bits per heavy atom. The predicted octanol–water partition coefficient (Wildman–Crippen LogP) is 2.21. The van der Waals surface area contributed by atoms with Gasteiger partial charge < -0.3 is 14.6 Å². The number of fused-ring (bicyclic) bond motifs is 1. The number of aryl methyl sites for hydroxylation is 1. The van der Waals surface area contributed by atoms with Crippen molar-refractivity contribution in [3.63, 3.8) is 0 Å². The molecule has 0 unspecified atom stereocenters. The Labute approximate surface area is 129 Å². The lowest BCUT2D eigenvalue weighted by atomic mass is 9.99. The zero-order chi connectivity index (χ0) is 15.7. The fourth-order valence-electron chi connectivity index (χ4n) is 3.20. The van der Waals surface area contributed by atoms with Gasteiger partial charge >= 0.3 is 5.97 Å². The molecule has 3 rings (SSSR count). The Morgan fingerprint density at radius 1 is 1.23 bits per heavy atom. The smallest absolute Gasteiger partial charge is 0.308 e. The van der Waals surface area contributed by atoms with Gasteiger partial charge in [-0.15, -0.1) is 0 Å². The van der Waals surface area contributed by atoms with Crippen molar-refractivity contribution >= 4 is 22.8 Å². The average Bonchev–Trinajstić information content (AvgIpc) is 3.08. The zero-order valence-electron chi connectivity index (χ0n) is 12.6. The van der Waals surface area contributed by atoms with E-state index in [1.54, 1.807) is 4.90 Å². The molecule has 1 aromatic carbocycles. The summed E-state index contributed by atoms with van der Waals surface area (Å²) in [6.45, 7) is 3.39. The van der Waals surface area contributed by atoms with Gasteiger partial charge in [0, 0.05) is 37.8 Å². The lowest BCUT2D eigenvalue weighted by molar-refractivity contribution is -0.142. The molecule has 116 valence electrons. The molecule has 5 heteroatoms. The van der Waals surface area contributed by atoms with Gasteiger partial charge in [-0.25, -0.2) is 0 Å². The van der Waals surface area contributed by atoms with Crippen LogP contribution in [0.2, 0.25) is 0 Å². The number of carboxylic acids is 1. The molecule has 0 bridgehead atoms. The monoisotopic (exact) mass is 300 g/mol. The SMILES string of the molecule is C[C@@H]1CN(C(=O)CCn2ccc3ccccc32)C[C@H]1C(=O)O. The van der Waals surface area contributed by atoms with Crippen LogP contribution >= 0.6 is 0 Å². The molecule has 0 radical (unpaired) electrons. The summed E-state index contributed by atoms with van der Waals surface area (Å²) in [6, 6.07) is 10.1. The average molecular weight is 300 g/mol. The van der Waals surface area contributed by atoms with Gasteiger partial charge in [0.25, 0.3) is 0 Å². The number of hydrogen-bond acceptors (Lipinski definition) is 2. The topological polar surface area (TPSA) is 62.5 Å². The molecule has 0 spiro atoms. The molecule has 2 atom stereocenters. The van der Waals surface area contributed by atoms with E-state index in [2.05, 4.69) is 4.57 Å². The van der Waals surface area contributed by atoms with Crippen molar-refractivity contribution in [2.45, 2.75) is 19.9 Å². The van der Waals surface area contributed by atoms with Crippen molar-refractivity contribution in [3.8, 4) is 0 Å². The number of para-hydroxylation sites is 1. The number of amides is 1. The third-order valence-corrected chi connectivity index (χ3v) is 4.53. The Morgan fingerprint density at radius 3 is 2.73 bits per heavy atom. The molecular formula is C17H20N2O3. The maximum absolute atomic E-state index is 12.3. The highest BCUT2D eigenvalue weighted by atomic mass is 16.4. The number of nitrogens with zero attached hydrogens (tertiary/aromatic N) is 2. The third kappa shape index (κ3) is 2.71. The van der Waals surface area contributed by atoms with E-state index in [1.165, 1.54) is 0 Å². The van der Waals surface area contributed by atoms with Crippen molar-refractivity contribution in [1.29, 1.82) is 0 Å². The van der Waals surface area contributed by atoms with Gasteiger partial charge in [0.1, 0.15) is 0 Å². The van der Waals surface area contributed by atoms with Crippen LogP contribution in [0.4, 0.5) is 0 Å². The predicted molar refractivity (Wildman–Crippen MR) is 83.4 cm³/mol. The number of hydrogen-bond donors (Lipinski definition) is 1. The number of likely N-dealkylation sites (tertiary alicyclic amines) is 1. The number of carbonyl (C=O) groups is 2. The largest absolute Gasteiger partial charge is 0.481 e. The Hall–Kier alpha value is -2.30. The quantitative estimate of drug-likeness (QED) is 0.941. The minimum Gasteiger partial charge on any atom is -0.481 e. The molecular weight excluding hydrogens is 280 g/mol. The van der Waals surface area contributed by atoms with Crippen molar-refractivity contribution in [3.05, 3.63) is 36.5 Å². The minimum atomic E-state index is -0.806. The van der Waals surface area contributed by atoms with Gasteiger partial charge in [0.2, 0.25) is 5.91 Å². The summed E-state index contributed by atoms with van der Waals surface area (Å²) in [4.78, 5) is 25.1. The standard InChI is InChI=1S/C17H20N2O3/c1-12-10-19(11-14(12)17(21)22)16(20)7-9-18-8-6-13-4-2-3-5-15(13)18/h2-6,8,12,14H,7,9-11H2,1H3,(H,21,22)/t12-,14-/m1/s1. The second kappa shape index (κ2) is 5.83. The van der Waals surface area contributed by atoms with Gasteiger partial charge in [-0.3, -0.25) is 9.59 Å². The van der Waals surface area contributed by atoms with Gasteiger partial charge in [0.05, 0.1) is 5.92 Å². The summed E-state index contributed by atoms with van der Waals surface area (Å²) in [5.74, 6) is -1.18. The first-order chi connectivity index (χ1) is 10.6. The van der Waals surface area contributed by atoms with Gasteiger partial charge in [-0.1, -0.05) is 25.1 Å². The second-order valence-electron chi connectivity index (χ2n) is 6.04. The lowest BCUT2D eigenvalue weighted by Gasteiger charge is -2.16. The molecule has 1 saturated heterocycles. The zero-order valence-corrected chi connectivity index (χ0v) is 12.6. The summed E-state index contributed by atoms with van der Waals surface area (Å²) in [5.41, 5.74) is 1.12. The molecule has 22 heavy (non-hydrogen) atoms. The Kier molecular flexibility index (Phi) is 3.88. The van der Waals surface area contributed by atoms with Crippen LogP contribution in [0.1, 0.15) is 13.3 Å². The van der Waals surface area contributed by atoms with Crippen LogP contribution in [0.3, 0.4) is 0 Å². The summed E-state index contributed by atoms with van der Waals surface area (Å²) < 4.78 is 2.07. The molecule has 2 aromatic rings. The normalized spacial score (nSPS) is 21.4. The van der Waals surface area contributed by atoms with Crippen molar-refractivity contribution in [2.75, 3.05) is 13.1 Å². The number of rotatable bonds is 4. The number of carbonyl (C=O) groups excluding carboxylic acids is 1. The summed E-state index contributed by atoms with van der Waals surface area (Å²) >= 11 is 0. The first-order valence-corrected chi connectivity index (χ1v) is 7.60. The summed E-state index contributed by atoms with van der Waals surface area (Å²) in [5, 5.41) is 10.3. The Balaban J connectivity index is 1.62. The number of aromatic nitrogens is 1. The van der Waals surface area contributed by atoms with E-state index < -0.39 is 11.9 Å². The highest BCUT2D eigenvalue weighted by molar-refractivity contribution is 5.81. The lowest BCUT2D eigenvalue weighted by Crippen LogP contribution is -2.30. The van der Waals surface area contributed by atoms with Crippen LogP contribution in [0, 0.1) is 11.8 Å². The molecule has 0 aliphatic carbocycles. The van der Waals surface area contributed by atoms with Gasteiger partial charge in [-0.05, 0) is 23.4 Å². The van der Waals surface area contributed by atoms with Crippen molar-refractivity contribution in [2.24, 2.45) is 11.8 Å². The van der Waals surface area contributed by atoms with Crippen LogP contribution in [0.25, 0.3) is 10.9 Å². The molecule has 1 aliphatic rings. The van der Waals surface area contributed by atoms with Crippen LogP contribution < -0.4 is 0 Å². The first kappa shape index (κ1) is 14.6. The third-order valence-electron chi connectivity index (χ3n) is 4.53. The fourth-order valence-corrected chi connectivity index (χ4v) is 3.20. The fraction of sp³-hybridized carbons (Fsp3) is 0.412. The maximum Gasteiger partial charge on any atom is 0.308 e. The van der Waals surface area contributed by atoms with E-state index in [0.29, 0.717) is 26.1 Å². The van der Waals surface area contributed by atoms with Gasteiger partial charge in [-0.2, -0.15) is 0 Å². The molecule has 1 amide bonds. The van der Waals surface area contributed by atoms with E-state index >= 15 is 0 Å². The summed E-state index contributed by atoms with van der Waals surface area (Å²) in [6.07, 6.45) is 2.39. The van der Waals surface area contributed by atoms with E-state index in [1.807, 2.05) is 43.5 Å². The summed E-state index contributed by atoms with van der Waals surface area (Å²) in [7, 11) is 0. The second-order valence-corrected chi connectivity index (χ2v) is 6.04. The highest BCUT2D eigenvalue weighted by Crippen LogP contribution is 2.24. The minimum absolute atomic E-state index is 0.0221. The van der Waals surface area contributed by atoms with Crippen LogP contribution in [-0.4, -0.2) is 39.5 Å². The van der Waals surface area contributed by atoms with Crippen LogP contribution in [-0.2, 0) is 16.1 Å². The van der Waals surface area contributed by atoms with Crippen molar-refractivity contribution in [1.82, 2.24) is 9.47 Å². The molecule has 1 N–H and O–H groups in total. The maximum atomic E-state index is 12.3. The van der Waals surface area contributed by atoms with E-state index in [0.717, 1.165) is 10.9 Å². The first-order valence-electron chi connectivity index (χ1n) is 7.60. The van der Waals surface area contributed by atoms with E-state index in [9.17, 15) is 9.59 Å². The van der Waals surface area contributed by atoms with Crippen LogP contribution in [0.15, 0.2) is 36.5 Å².